The number of hydrogen-bond acceptors (Lipinski definition) is 3. The van der Waals surface area contributed by atoms with Crippen LogP contribution in [0, 0.1) is 11.3 Å². The molecule has 1 aliphatic carbocycles. The lowest BCUT2D eigenvalue weighted by molar-refractivity contribution is -0.138. The Hall–Kier alpha value is -2.43. The zero-order valence-corrected chi connectivity index (χ0v) is 10.6. The first-order valence-corrected chi connectivity index (χ1v) is 6.07. The summed E-state index contributed by atoms with van der Waals surface area (Å²) in [5.74, 6) is 0.0140. The highest BCUT2D eigenvalue weighted by molar-refractivity contribution is 5.65. The molecule has 0 spiro atoms. The predicted molar refractivity (Wildman–Crippen MR) is 64.8 cm³/mol. The van der Waals surface area contributed by atoms with E-state index in [-0.39, 0.29) is 17.9 Å². The molecule has 112 valence electrons. The van der Waals surface area contributed by atoms with E-state index in [9.17, 15) is 18.0 Å². The first-order chi connectivity index (χ1) is 9.79. The van der Waals surface area contributed by atoms with E-state index in [1.54, 1.807) is 0 Å². The van der Waals surface area contributed by atoms with E-state index in [0.717, 1.165) is 12.1 Å². The molecule has 1 aliphatic rings. The van der Waals surface area contributed by atoms with Gasteiger partial charge in [-0.2, -0.15) is 18.4 Å². The summed E-state index contributed by atoms with van der Waals surface area (Å²) in [4.78, 5) is 10.4. The number of amides is 1. The van der Waals surface area contributed by atoms with Crippen molar-refractivity contribution in [2.75, 3.05) is 0 Å². The van der Waals surface area contributed by atoms with Crippen LogP contribution in [-0.4, -0.2) is 23.3 Å². The van der Waals surface area contributed by atoms with Gasteiger partial charge in [0, 0.05) is 18.9 Å². The van der Waals surface area contributed by atoms with Crippen LogP contribution < -0.4 is 10.1 Å². The summed E-state index contributed by atoms with van der Waals surface area (Å²) in [6, 6.07) is 4.39. The van der Waals surface area contributed by atoms with Gasteiger partial charge in [-0.05, 0) is 18.2 Å². The van der Waals surface area contributed by atoms with E-state index in [0.29, 0.717) is 12.8 Å². The molecule has 1 saturated carbocycles. The van der Waals surface area contributed by atoms with Gasteiger partial charge in [-0.15, -0.1) is 0 Å². The van der Waals surface area contributed by atoms with Crippen LogP contribution >= 0.6 is 0 Å². The number of halogens is 3. The third kappa shape index (κ3) is 3.56. The van der Waals surface area contributed by atoms with Gasteiger partial charge in [0.15, 0.2) is 0 Å². The molecule has 0 atom stereocenters. The summed E-state index contributed by atoms with van der Waals surface area (Å²) in [7, 11) is 0. The van der Waals surface area contributed by atoms with E-state index >= 15 is 0 Å². The highest BCUT2D eigenvalue weighted by atomic mass is 19.4. The summed E-state index contributed by atoms with van der Waals surface area (Å²) >= 11 is 0. The van der Waals surface area contributed by atoms with Crippen molar-refractivity contribution < 1.29 is 27.8 Å². The topological polar surface area (TPSA) is 82.3 Å². The molecule has 5 nitrogen and oxygen atoms in total. The molecule has 2 N–H and O–H groups in total. The predicted octanol–water partition coefficient (Wildman–Crippen LogP) is 2.75. The Balaban J connectivity index is 2.03. The summed E-state index contributed by atoms with van der Waals surface area (Å²) in [6.07, 6.45) is -5.31. The number of nitriles is 1. The van der Waals surface area contributed by atoms with Gasteiger partial charge in [0.05, 0.1) is 17.2 Å². The maximum absolute atomic E-state index is 12.8. The van der Waals surface area contributed by atoms with Crippen LogP contribution in [0.15, 0.2) is 18.2 Å². The fourth-order valence-corrected chi connectivity index (χ4v) is 2.08. The Morgan fingerprint density at radius 1 is 1.43 bits per heavy atom. The Morgan fingerprint density at radius 3 is 2.62 bits per heavy atom. The van der Waals surface area contributed by atoms with Crippen molar-refractivity contribution >= 4 is 6.09 Å². The van der Waals surface area contributed by atoms with Crippen molar-refractivity contribution in [1.29, 1.82) is 5.26 Å². The van der Waals surface area contributed by atoms with Crippen molar-refractivity contribution in [3.63, 3.8) is 0 Å². The van der Waals surface area contributed by atoms with Crippen LogP contribution in [0.5, 0.6) is 5.75 Å². The average molecular weight is 300 g/mol. The quantitative estimate of drug-likeness (QED) is 0.899. The number of benzene rings is 1. The molecule has 0 radical (unpaired) electrons. The maximum Gasteiger partial charge on any atom is 0.417 e. The minimum atomic E-state index is -4.63. The van der Waals surface area contributed by atoms with Gasteiger partial charge >= 0.3 is 12.3 Å². The van der Waals surface area contributed by atoms with E-state index in [1.807, 2.05) is 0 Å². The Morgan fingerprint density at radius 2 is 2.10 bits per heavy atom. The number of nitrogens with one attached hydrogen (secondary N) is 1. The standard InChI is InChI=1S/C13H11F3N2O3/c14-13(15,16)11-5-9(2-1-7(11)6-17)21-10-3-8(4-10)18-12(19)20/h1-2,5,8,10,18H,3-4H2,(H,19,20). The number of rotatable bonds is 3. The lowest BCUT2D eigenvalue weighted by Gasteiger charge is -2.35. The second-order valence-electron chi connectivity index (χ2n) is 4.67. The Kier molecular flexibility index (Phi) is 3.93. The Labute approximate surface area is 117 Å². The number of nitrogens with zero attached hydrogens (tertiary/aromatic N) is 1. The number of hydrogen-bond donors (Lipinski definition) is 2. The largest absolute Gasteiger partial charge is 0.490 e. The van der Waals surface area contributed by atoms with Gasteiger partial charge in [-0.25, -0.2) is 4.79 Å². The molecule has 8 heteroatoms. The molecule has 1 amide bonds. The minimum absolute atomic E-state index is 0.0140. The van der Waals surface area contributed by atoms with Crippen molar-refractivity contribution in [3.05, 3.63) is 29.3 Å². The molecular weight excluding hydrogens is 289 g/mol. The van der Waals surface area contributed by atoms with Crippen LogP contribution in [0.25, 0.3) is 0 Å². The van der Waals surface area contributed by atoms with Crippen molar-refractivity contribution in [2.24, 2.45) is 0 Å². The van der Waals surface area contributed by atoms with Crippen LogP contribution in [0.2, 0.25) is 0 Å². The zero-order valence-electron chi connectivity index (χ0n) is 10.6. The highest BCUT2D eigenvalue weighted by Crippen LogP contribution is 2.35. The van der Waals surface area contributed by atoms with Crippen molar-refractivity contribution in [3.8, 4) is 11.8 Å². The molecule has 0 aromatic heterocycles. The van der Waals surface area contributed by atoms with Gasteiger partial charge in [-0.3, -0.25) is 0 Å². The lowest BCUT2D eigenvalue weighted by atomic mass is 9.89. The summed E-state index contributed by atoms with van der Waals surface area (Å²) < 4.78 is 43.7. The van der Waals surface area contributed by atoms with Crippen molar-refractivity contribution in [1.82, 2.24) is 5.32 Å². The average Bonchev–Trinajstić information content (AvgIpc) is 2.34. The molecule has 1 aromatic carbocycles. The molecule has 0 saturated heterocycles. The highest BCUT2D eigenvalue weighted by Gasteiger charge is 2.35. The second kappa shape index (κ2) is 5.52. The smallest absolute Gasteiger partial charge is 0.417 e. The molecule has 21 heavy (non-hydrogen) atoms. The molecule has 2 rings (SSSR count). The number of alkyl halides is 3. The number of carboxylic acid groups (broad SMARTS) is 1. The zero-order chi connectivity index (χ0) is 15.6. The van der Waals surface area contributed by atoms with E-state index < -0.39 is 23.4 Å². The van der Waals surface area contributed by atoms with Gasteiger partial charge in [-0.1, -0.05) is 0 Å². The molecule has 0 bridgehead atoms. The summed E-state index contributed by atoms with van der Waals surface area (Å²) in [5.41, 5.74) is -1.50. The Bertz CT molecular complexity index is 589. The number of carbonyl (C=O) groups is 1. The lowest BCUT2D eigenvalue weighted by Crippen LogP contribution is -2.48. The number of ether oxygens (including phenoxy) is 1. The van der Waals surface area contributed by atoms with Crippen LogP contribution in [0.1, 0.15) is 24.0 Å². The molecular formula is C13H11F3N2O3. The molecule has 0 heterocycles. The fraction of sp³-hybridized carbons (Fsp3) is 0.385. The molecule has 1 fully saturated rings. The second-order valence-corrected chi connectivity index (χ2v) is 4.67. The maximum atomic E-state index is 12.8. The van der Waals surface area contributed by atoms with Crippen LogP contribution in [-0.2, 0) is 6.18 Å². The van der Waals surface area contributed by atoms with Crippen molar-refractivity contribution in [2.45, 2.75) is 31.2 Å². The monoisotopic (exact) mass is 300 g/mol. The van der Waals surface area contributed by atoms with Crippen LogP contribution in [0.3, 0.4) is 0 Å². The first-order valence-electron chi connectivity index (χ1n) is 6.07. The third-order valence-corrected chi connectivity index (χ3v) is 3.14. The molecule has 1 aromatic rings. The van der Waals surface area contributed by atoms with Gasteiger partial charge in [0.2, 0.25) is 0 Å². The first kappa shape index (κ1) is 15.0. The molecule has 0 aliphatic heterocycles. The normalized spacial score (nSPS) is 21.0. The van der Waals surface area contributed by atoms with E-state index in [2.05, 4.69) is 5.32 Å². The van der Waals surface area contributed by atoms with Gasteiger partial charge < -0.3 is 15.2 Å². The van der Waals surface area contributed by atoms with Gasteiger partial charge in [0.1, 0.15) is 11.9 Å². The third-order valence-electron chi connectivity index (χ3n) is 3.14. The minimum Gasteiger partial charge on any atom is -0.490 e. The van der Waals surface area contributed by atoms with Crippen LogP contribution in [0.4, 0.5) is 18.0 Å². The van der Waals surface area contributed by atoms with E-state index in [4.69, 9.17) is 15.1 Å². The van der Waals surface area contributed by atoms with E-state index in [1.165, 1.54) is 12.1 Å². The summed E-state index contributed by atoms with van der Waals surface area (Å²) in [5, 5.41) is 19.4. The summed E-state index contributed by atoms with van der Waals surface area (Å²) in [6.45, 7) is 0. The van der Waals surface area contributed by atoms with Gasteiger partial charge in [0.25, 0.3) is 0 Å². The molecule has 0 unspecified atom stereocenters. The fourth-order valence-electron chi connectivity index (χ4n) is 2.08. The SMILES string of the molecule is N#Cc1ccc(OC2CC(NC(=O)O)C2)cc1C(F)(F)F.